The second kappa shape index (κ2) is 9.87. The highest BCUT2D eigenvalue weighted by Gasteiger charge is 2.33. The number of rotatable bonds is 6. The minimum atomic E-state index is -3.45. The number of piperidine rings is 1. The lowest BCUT2D eigenvalue weighted by Crippen LogP contribution is -2.52. The molecule has 2 aliphatic rings. The van der Waals surface area contributed by atoms with Gasteiger partial charge in [0.15, 0.2) is 0 Å². The molecular weight excluding hydrogens is 386 g/mol. The van der Waals surface area contributed by atoms with Crippen LogP contribution in [0.1, 0.15) is 32.3 Å². The summed E-state index contributed by atoms with van der Waals surface area (Å²) in [7, 11) is -3.45. The highest BCUT2D eigenvalue weighted by molar-refractivity contribution is 7.92. The first-order valence-corrected chi connectivity index (χ1v) is 12.1. The predicted molar refractivity (Wildman–Crippen MR) is 117 cm³/mol. The Morgan fingerprint density at radius 3 is 2.24 bits per heavy atom. The van der Waals surface area contributed by atoms with E-state index in [0.717, 1.165) is 38.3 Å². The number of nitrogens with zero attached hydrogens (tertiary/aromatic N) is 3. The highest BCUT2D eigenvalue weighted by atomic mass is 32.2. The van der Waals surface area contributed by atoms with Crippen LogP contribution in [0.25, 0.3) is 6.08 Å². The molecule has 0 aliphatic carbocycles. The molecule has 1 aromatic carbocycles. The molecule has 0 atom stereocenters. The second-order valence-corrected chi connectivity index (χ2v) is 10.3. The van der Waals surface area contributed by atoms with Gasteiger partial charge in [-0.15, -0.1) is 0 Å². The van der Waals surface area contributed by atoms with Gasteiger partial charge in [-0.1, -0.05) is 44.2 Å². The summed E-state index contributed by atoms with van der Waals surface area (Å²) in [6, 6.07) is 9.41. The van der Waals surface area contributed by atoms with Crippen LogP contribution in [0.5, 0.6) is 0 Å². The van der Waals surface area contributed by atoms with Crippen LogP contribution in [0.3, 0.4) is 0 Å². The third-order valence-electron chi connectivity index (χ3n) is 5.70. The number of sulfonamides is 1. The van der Waals surface area contributed by atoms with Crippen molar-refractivity contribution in [3.63, 3.8) is 0 Å². The normalized spacial score (nSPS) is 20.6. The van der Waals surface area contributed by atoms with E-state index in [0.29, 0.717) is 31.8 Å². The van der Waals surface area contributed by atoms with Gasteiger partial charge in [0.2, 0.25) is 15.9 Å². The lowest BCUT2D eigenvalue weighted by molar-refractivity contribution is -0.138. The Bertz CT molecular complexity index is 792. The Morgan fingerprint density at radius 2 is 1.66 bits per heavy atom. The summed E-state index contributed by atoms with van der Waals surface area (Å²) in [5.41, 5.74) is 0.859. The minimum absolute atomic E-state index is 0.0591. The zero-order valence-electron chi connectivity index (χ0n) is 17.5. The first-order chi connectivity index (χ1) is 13.8. The molecule has 0 N–H and O–H groups in total. The molecule has 0 unspecified atom stereocenters. The van der Waals surface area contributed by atoms with Gasteiger partial charge < -0.3 is 4.90 Å². The van der Waals surface area contributed by atoms with Crippen LogP contribution < -0.4 is 0 Å². The molecule has 3 rings (SSSR count). The molecule has 0 radical (unpaired) electrons. The van der Waals surface area contributed by atoms with Crippen LogP contribution in [0, 0.1) is 11.8 Å². The summed E-state index contributed by atoms with van der Waals surface area (Å²) in [5.74, 6) is 0.779. The Morgan fingerprint density at radius 1 is 1.03 bits per heavy atom. The smallest absolute Gasteiger partial charge is 0.236 e. The Balaban J connectivity index is 1.48. The lowest BCUT2D eigenvalue weighted by Gasteiger charge is -2.38. The summed E-state index contributed by atoms with van der Waals surface area (Å²) in [6.45, 7) is 9.75. The first kappa shape index (κ1) is 22.0. The summed E-state index contributed by atoms with van der Waals surface area (Å²) in [4.78, 5) is 17.3. The number of carbonyl (C=O) groups excluding carboxylic acids is 1. The molecule has 2 heterocycles. The molecule has 0 bridgehead atoms. The van der Waals surface area contributed by atoms with Crippen LogP contribution in [-0.2, 0) is 14.8 Å². The van der Waals surface area contributed by atoms with Gasteiger partial charge in [-0.2, -0.15) is 4.31 Å². The molecule has 1 aromatic rings. The fourth-order valence-corrected chi connectivity index (χ4v) is 5.32. The van der Waals surface area contributed by atoms with Crippen molar-refractivity contribution in [3.05, 3.63) is 41.3 Å². The monoisotopic (exact) mass is 419 g/mol. The fourth-order valence-electron chi connectivity index (χ4n) is 4.10. The van der Waals surface area contributed by atoms with Crippen LogP contribution >= 0.6 is 0 Å². The first-order valence-electron chi connectivity index (χ1n) is 10.6. The summed E-state index contributed by atoms with van der Waals surface area (Å²) in [5, 5.41) is 1.28. The van der Waals surface area contributed by atoms with Gasteiger partial charge in [0.05, 0.1) is 0 Å². The zero-order chi connectivity index (χ0) is 20.9. The maximum absolute atomic E-state index is 12.9. The van der Waals surface area contributed by atoms with Crippen LogP contribution in [0.2, 0.25) is 0 Å². The van der Waals surface area contributed by atoms with Gasteiger partial charge in [-0.3, -0.25) is 9.69 Å². The van der Waals surface area contributed by atoms with E-state index in [2.05, 4.69) is 18.7 Å². The van der Waals surface area contributed by atoms with E-state index in [4.69, 9.17) is 0 Å². The van der Waals surface area contributed by atoms with Crippen LogP contribution in [0.15, 0.2) is 35.7 Å². The largest absolute Gasteiger partial charge is 0.340 e. The van der Waals surface area contributed by atoms with Crippen molar-refractivity contribution < 1.29 is 13.2 Å². The molecule has 2 aliphatic heterocycles. The number of hydrogen-bond donors (Lipinski definition) is 0. The van der Waals surface area contributed by atoms with E-state index in [1.54, 1.807) is 6.08 Å². The van der Waals surface area contributed by atoms with Gasteiger partial charge >= 0.3 is 0 Å². The van der Waals surface area contributed by atoms with Gasteiger partial charge in [-0.25, -0.2) is 8.42 Å². The fraction of sp³-hybridized carbons (Fsp3) is 0.591. The quantitative estimate of drug-likeness (QED) is 0.711. The van der Waals surface area contributed by atoms with Crippen molar-refractivity contribution in [2.24, 2.45) is 11.8 Å². The van der Waals surface area contributed by atoms with E-state index in [9.17, 15) is 13.2 Å². The van der Waals surface area contributed by atoms with Crippen molar-refractivity contribution in [2.45, 2.75) is 26.7 Å². The molecule has 2 fully saturated rings. The molecule has 0 spiro atoms. The molecule has 0 aromatic heterocycles. The van der Waals surface area contributed by atoms with Crippen LogP contribution in [-0.4, -0.2) is 74.2 Å². The van der Waals surface area contributed by atoms with Crippen molar-refractivity contribution in [1.29, 1.82) is 0 Å². The van der Waals surface area contributed by atoms with Gasteiger partial charge in [0.1, 0.15) is 0 Å². The third kappa shape index (κ3) is 6.14. The second-order valence-electron chi connectivity index (χ2n) is 8.45. The standard InChI is InChI=1S/C22H33N3O3S/c1-19(2)18-23-13-15-24(16-14-23)22(26)21-8-11-25(12-9-21)29(27,28)17-10-20-6-4-3-5-7-20/h3-7,10,17,19,21H,8-9,11-16,18H2,1-2H3/b17-10+. The molecule has 1 amide bonds. The molecular formula is C22H33N3O3S. The molecule has 6 nitrogen and oxygen atoms in total. The number of amides is 1. The van der Waals surface area contributed by atoms with E-state index in [1.165, 1.54) is 9.71 Å². The highest BCUT2D eigenvalue weighted by Crippen LogP contribution is 2.23. The van der Waals surface area contributed by atoms with Crippen LogP contribution in [0.4, 0.5) is 0 Å². The van der Waals surface area contributed by atoms with E-state index >= 15 is 0 Å². The summed E-state index contributed by atoms with van der Waals surface area (Å²) >= 11 is 0. The van der Waals surface area contributed by atoms with Gasteiger partial charge in [-0.05, 0) is 30.4 Å². The van der Waals surface area contributed by atoms with E-state index in [1.807, 2.05) is 35.2 Å². The summed E-state index contributed by atoms with van der Waals surface area (Å²) in [6.07, 6.45) is 2.83. The predicted octanol–water partition coefficient (Wildman–Crippen LogP) is 2.50. The number of hydrogen-bond acceptors (Lipinski definition) is 4. The van der Waals surface area contributed by atoms with E-state index < -0.39 is 10.0 Å². The maximum atomic E-state index is 12.9. The maximum Gasteiger partial charge on any atom is 0.236 e. The Hall–Kier alpha value is -1.70. The molecule has 2 saturated heterocycles. The number of carbonyl (C=O) groups is 1. The average molecular weight is 420 g/mol. The summed E-state index contributed by atoms with van der Waals surface area (Å²) < 4.78 is 26.7. The van der Waals surface area contributed by atoms with Gasteiger partial charge in [0.25, 0.3) is 0 Å². The molecule has 160 valence electrons. The number of benzene rings is 1. The molecule has 29 heavy (non-hydrogen) atoms. The third-order valence-corrected chi connectivity index (χ3v) is 7.27. The SMILES string of the molecule is CC(C)CN1CCN(C(=O)C2CCN(S(=O)(=O)/C=C/c3ccccc3)CC2)CC1. The van der Waals surface area contributed by atoms with Crippen molar-refractivity contribution in [2.75, 3.05) is 45.8 Å². The zero-order valence-corrected chi connectivity index (χ0v) is 18.4. The topological polar surface area (TPSA) is 60.9 Å². The molecule has 7 heteroatoms. The van der Waals surface area contributed by atoms with Crippen molar-refractivity contribution >= 4 is 22.0 Å². The minimum Gasteiger partial charge on any atom is -0.340 e. The van der Waals surface area contributed by atoms with Gasteiger partial charge in [0, 0.05) is 57.1 Å². The Labute approximate surface area is 175 Å². The average Bonchev–Trinajstić information content (AvgIpc) is 2.73. The number of piperazine rings is 1. The van der Waals surface area contributed by atoms with E-state index in [-0.39, 0.29) is 11.8 Å². The Kier molecular flexibility index (Phi) is 7.49. The lowest BCUT2D eigenvalue weighted by atomic mass is 9.96. The van der Waals surface area contributed by atoms with Crippen molar-refractivity contribution in [3.8, 4) is 0 Å². The van der Waals surface area contributed by atoms with Crippen molar-refractivity contribution in [1.82, 2.24) is 14.1 Å². The molecule has 0 saturated carbocycles.